The van der Waals surface area contributed by atoms with E-state index in [1.807, 2.05) is 6.20 Å². The molecule has 0 spiro atoms. The predicted octanol–water partition coefficient (Wildman–Crippen LogP) is 5.39. The van der Waals surface area contributed by atoms with Gasteiger partial charge in [0.1, 0.15) is 8.07 Å². The zero-order chi connectivity index (χ0) is 20.3. The Labute approximate surface area is 176 Å². The third kappa shape index (κ3) is 2.37. The minimum absolute atomic E-state index is 0.725. The van der Waals surface area contributed by atoms with Gasteiger partial charge in [0.05, 0.1) is 5.52 Å². The second kappa shape index (κ2) is 6.25. The van der Waals surface area contributed by atoms with Crippen molar-refractivity contribution in [3.63, 3.8) is 0 Å². The summed E-state index contributed by atoms with van der Waals surface area (Å²) in [7, 11) is -1.80. The molecule has 5 aromatic rings. The van der Waals surface area contributed by atoms with Crippen LogP contribution in [0.25, 0.3) is 21.7 Å². The number of hydrogen-bond donors (Lipinski definition) is 0. The van der Waals surface area contributed by atoms with Gasteiger partial charge in [-0.05, 0) is 27.9 Å². The van der Waals surface area contributed by atoms with Crippen molar-refractivity contribution in [3.8, 4) is 0 Å². The van der Waals surface area contributed by atoms with Crippen LogP contribution in [0.1, 0.15) is 0 Å². The Hall–Kier alpha value is -3.50. The number of nitrogens with zero attached hydrogens (tertiary/aromatic N) is 3. The lowest BCUT2D eigenvalue weighted by atomic mass is 10.1. The van der Waals surface area contributed by atoms with Crippen LogP contribution < -0.4 is 15.3 Å². The molecule has 0 saturated heterocycles. The number of benzene rings is 4. The van der Waals surface area contributed by atoms with Gasteiger partial charge in [-0.25, -0.2) is 9.97 Å². The number of hydrogen-bond acceptors (Lipinski definition) is 3. The van der Waals surface area contributed by atoms with Crippen molar-refractivity contribution in [2.24, 2.45) is 0 Å². The molecule has 4 aromatic carbocycles. The maximum Gasteiger partial charge on any atom is 0.235 e. The van der Waals surface area contributed by atoms with E-state index in [1.165, 1.54) is 27.1 Å². The molecule has 0 aliphatic carbocycles. The van der Waals surface area contributed by atoms with Gasteiger partial charge in [-0.3, -0.25) is 4.90 Å². The van der Waals surface area contributed by atoms with Crippen LogP contribution in [0, 0.1) is 0 Å². The largest absolute Gasteiger partial charge is 0.279 e. The van der Waals surface area contributed by atoms with E-state index in [0.29, 0.717) is 0 Å². The molecule has 4 heteroatoms. The first-order valence-electron chi connectivity index (χ1n) is 10.3. The summed E-state index contributed by atoms with van der Waals surface area (Å²) in [6.45, 7) is 4.85. The van der Waals surface area contributed by atoms with Crippen molar-refractivity contribution < 1.29 is 0 Å². The van der Waals surface area contributed by atoms with E-state index < -0.39 is 8.07 Å². The van der Waals surface area contributed by atoms with Crippen LogP contribution in [0.2, 0.25) is 13.1 Å². The molecule has 0 radical (unpaired) electrons. The van der Waals surface area contributed by atoms with Crippen LogP contribution in [-0.4, -0.2) is 18.0 Å². The van der Waals surface area contributed by atoms with Crippen molar-refractivity contribution in [2.75, 3.05) is 4.90 Å². The molecule has 2 heterocycles. The van der Waals surface area contributed by atoms with E-state index in [2.05, 4.69) is 103 Å². The third-order valence-corrected chi connectivity index (χ3v) is 9.84. The van der Waals surface area contributed by atoms with Gasteiger partial charge in [-0.2, -0.15) is 0 Å². The molecule has 30 heavy (non-hydrogen) atoms. The summed E-state index contributed by atoms with van der Waals surface area (Å²) >= 11 is 0. The van der Waals surface area contributed by atoms with E-state index >= 15 is 0 Å². The van der Waals surface area contributed by atoms with Gasteiger partial charge >= 0.3 is 0 Å². The van der Waals surface area contributed by atoms with Crippen molar-refractivity contribution >= 4 is 57.4 Å². The fourth-order valence-corrected chi connectivity index (χ4v) is 7.74. The predicted molar refractivity (Wildman–Crippen MR) is 128 cm³/mol. The molecule has 0 atom stereocenters. The fourth-order valence-electron chi connectivity index (χ4n) is 4.75. The first-order valence-corrected chi connectivity index (χ1v) is 13.3. The molecule has 0 bridgehead atoms. The quantitative estimate of drug-likeness (QED) is 0.278. The van der Waals surface area contributed by atoms with Crippen molar-refractivity contribution in [3.05, 3.63) is 91.1 Å². The highest BCUT2D eigenvalue weighted by atomic mass is 28.3. The normalized spacial score (nSPS) is 14.5. The van der Waals surface area contributed by atoms with E-state index in [0.717, 1.165) is 22.2 Å². The molecule has 144 valence electrons. The average Bonchev–Trinajstić information content (AvgIpc) is 2.79. The number of para-hydroxylation sites is 2. The monoisotopic (exact) mass is 403 g/mol. The lowest BCUT2D eigenvalue weighted by Crippen LogP contribution is -2.58. The molecule has 0 saturated carbocycles. The highest BCUT2D eigenvalue weighted by Gasteiger charge is 2.38. The van der Waals surface area contributed by atoms with Gasteiger partial charge in [0.15, 0.2) is 0 Å². The number of anilines is 3. The lowest BCUT2D eigenvalue weighted by molar-refractivity contribution is 1.11. The molecule has 0 unspecified atom stereocenters. The summed E-state index contributed by atoms with van der Waals surface area (Å²) in [4.78, 5) is 12.2. The van der Waals surface area contributed by atoms with E-state index in [4.69, 9.17) is 9.97 Å². The summed E-state index contributed by atoms with van der Waals surface area (Å²) in [6, 6.07) is 30.2. The summed E-state index contributed by atoms with van der Waals surface area (Å²) < 4.78 is 0. The first kappa shape index (κ1) is 17.4. The van der Waals surface area contributed by atoms with Gasteiger partial charge in [-0.1, -0.05) is 85.9 Å². The van der Waals surface area contributed by atoms with E-state index in [1.54, 1.807) is 0 Å². The maximum absolute atomic E-state index is 5.10. The Balaban J connectivity index is 1.67. The second-order valence-corrected chi connectivity index (χ2v) is 12.7. The van der Waals surface area contributed by atoms with Crippen molar-refractivity contribution in [1.29, 1.82) is 0 Å². The van der Waals surface area contributed by atoms with Crippen LogP contribution in [-0.2, 0) is 0 Å². The molecule has 1 aliphatic heterocycles. The van der Waals surface area contributed by atoms with Crippen LogP contribution >= 0.6 is 0 Å². The van der Waals surface area contributed by atoms with E-state index in [9.17, 15) is 0 Å². The highest BCUT2D eigenvalue weighted by Crippen LogP contribution is 2.37. The molecular formula is C26H21N3Si. The second-order valence-electron chi connectivity index (χ2n) is 8.39. The maximum atomic E-state index is 5.10. The Bertz CT molecular complexity index is 1390. The number of rotatable bonds is 1. The summed E-state index contributed by atoms with van der Waals surface area (Å²) in [5.41, 5.74) is 3.40. The Morgan fingerprint density at radius 1 is 0.667 bits per heavy atom. The highest BCUT2D eigenvalue weighted by molar-refractivity contribution is 7.02. The molecule has 3 nitrogen and oxygen atoms in total. The minimum atomic E-state index is -1.80. The molecule has 6 rings (SSSR count). The fraction of sp³-hybridized carbons (Fsp3) is 0.0769. The van der Waals surface area contributed by atoms with Crippen molar-refractivity contribution in [2.45, 2.75) is 13.1 Å². The average molecular weight is 404 g/mol. The summed E-state index contributed by atoms with van der Waals surface area (Å²) in [6.07, 6.45) is 1.95. The lowest BCUT2D eigenvalue weighted by Gasteiger charge is -2.39. The zero-order valence-corrected chi connectivity index (χ0v) is 18.0. The molecular weight excluding hydrogens is 382 g/mol. The number of fused-ring (bicyclic) bond motifs is 5. The van der Waals surface area contributed by atoms with Gasteiger partial charge in [0.2, 0.25) is 5.95 Å². The van der Waals surface area contributed by atoms with Crippen LogP contribution in [0.5, 0.6) is 0 Å². The Morgan fingerprint density at radius 2 is 1.27 bits per heavy atom. The smallest absolute Gasteiger partial charge is 0.235 e. The van der Waals surface area contributed by atoms with Gasteiger partial charge < -0.3 is 0 Å². The third-order valence-electron chi connectivity index (χ3n) is 6.30. The standard InChI is InChI=1S/C26H21N3Si/c1-30(2)23-13-7-5-11-21(23)29(22-12-6-8-14-24(22)30)26-27-17-19-16-15-18-9-3-4-10-20(18)25(19)28-26/h3-17H,1-2H3. The zero-order valence-electron chi connectivity index (χ0n) is 17.0. The Morgan fingerprint density at radius 3 is 2.00 bits per heavy atom. The van der Waals surface area contributed by atoms with E-state index in [-0.39, 0.29) is 0 Å². The van der Waals surface area contributed by atoms with Crippen molar-refractivity contribution in [1.82, 2.24) is 9.97 Å². The van der Waals surface area contributed by atoms with Gasteiger partial charge in [-0.15, -0.1) is 0 Å². The van der Waals surface area contributed by atoms with Crippen LogP contribution in [0.4, 0.5) is 17.3 Å². The Kier molecular flexibility index (Phi) is 3.61. The van der Waals surface area contributed by atoms with Crippen LogP contribution in [0.15, 0.2) is 91.1 Å². The molecule has 0 amide bonds. The topological polar surface area (TPSA) is 29.0 Å². The first-order chi connectivity index (χ1) is 14.6. The van der Waals surface area contributed by atoms with Crippen LogP contribution in [0.3, 0.4) is 0 Å². The van der Waals surface area contributed by atoms with Gasteiger partial charge in [0.25, 0.3) is 0 Å². The summed E-state index contributed by atoms with van der Waals surface area (Å²) in [5.74, 6) is 0.725. The molecule has 0 fully saturated rings. The molecule has 0 N–H and O–H groups in total. The van der Waals surface area contributed by atoms with Gasteiger partial charge in [0, 0.05) is 28.3 Å². The molecule has 1 aromatic heterocycles. The molecule has 1 aliphatic rings. The number of aromatic nitrogens is 2. The summed E-state index contributed by atoms with van der Waals surface area (Å²) in [5, 5.41) is 6.26. The SMILES string of the molecule is C[Si]1(C)c2ccccc2N(c2ncc3ccc4ccccc4c3n2)c2ccccc21. The minimum Gasteiger partial charge on any atom is -0.279 e.